The van der Waals surface area contributed by atoms with Crippen LogP contribution >= 0.6 is 0 Å². The van der Waals surface area contributed by atoms with E-state index in [9.17, 15) is 9.59 Å². The zero-order valence-corrected chi connectivity index (χ0v) is 18.1. The van der Waals surface area contributed by atoms with Crippen molar-refractivity contribution in [3.63, 3.8) is 0 Å². The van der Waals surface area contributed by atoms with Crippen molar-refractivity contribution >= 4 is 23.2 Å². The second-order valence-electron chi connectivity index (χ2n) is 7.29. The molecule has 31 heavy (non-hydrogen) atoms. The minimum Gasteiger partial charge on any atom is -0.496 e. The summed E-state index contributed by atoms with van der Waals surface area (Å²) in [6.07, 6.45) is 0. The topological polar surface area (TPSA) is 76.7 Å². The van der Waals surface area contributed by atoms with E-state index in [1.54, 1.807) is 48.5 Å². The number of benzene rings is 3. The number of ether oxygens (including phenoxy) is 2. The Balaban J connectivity index is 1.56. The summed E-state index contributed by atoms with van der Waals surface area (Å²) in [5.41, 5.74) is 5.06. The third kappa shape index (κ3) is 5.63. The van der Waals surface area contributed by atoms with Gasteiger partial charge in [0, 0.05) is 11.4 Å². The quantitative estimate of drug-likeness (QED) is 0.573. The summed E-state index contributed by atoms with van der Waals surface area (Å²) in [6.45, 7) is 5.85. The first-order valence-electron chi connectivity index (χ1n) is 9.92. The van der Waals surface area contributed by atoms with Crippen LogP contribution in [0.3, 0.4) is 0 Å². The summed E-state index contributed by atoms with van der Waals surface area (Å²) < 4.78 is 10.8. The van der Waals surface area contributed by atoms with Crippen LogP contribution in [0, 0.1) is 20.8 Å². The van der Waals surface area contributed by atoms with Crippen LogP contribution in [-0.2, 0) is 4.79 Å². The van der Waals surface area contributed by atoms with Crippen molar-refractivity contribution in [3.05, 3.63) is 82.9 Å². The van der Waals surface area contributed by atoms with E-state index in [-0.39, 0.29) is 18.4 Å². The van der Waals surface area contributed by atoms with Crippen LogP contribution in [0.25, 0.3) is 0 Å². The van der Waals surface area contributed by atoms with Crippen molar-refractivity contribution in [1.82, 2.24) is 0 Å². The smallest absolute Gasteiger partial charge is 0.262 e. The van der Waals surface area contributed by atoms with Gasteiger partial charge in [-0.25, -0.2) is 0 Å². The SMILES string of the molecule is COc1ccccc1C(=O)Nc1ccc(OCC(=O)Nc2c(C)cc(C)cc2C)cc1. The normalized spacial score (nSPS) is 10.3. The summed E-state index contributed by atoms with van der Waals surface area (Å²) in [6, 6.07) is 17.9. The number of carbonyl (C=O) groups excluding carboxylic acids is 2. The van der Waals surface area contributed by atoms with Gasteiger partial charge < -0.3 is 20.1 Å². The third-order valence-corrected chi connectivity index (χ3v) is 4.78. The second kappa shape index (κ2) is 9.80. The summed E-state index contributed by atoms with van der Waals surface area (Å²) in [4.78, 5) is 24.8. The molecule has 0 saturated heterocycles. The minimum atomic E-state index is -0.269. The number of hydrogen-bond donors (Lipinski definition) is 2. The fourth-order valence-electron chi connectivity index (χ4n) is 3.37. The first kappa shape index (κ1) is 21.9. The maximum Gasteiger partial charge on any atom is 0.262 e. The number of aryl methyl sites for hydroxylation is 3. The van der Waals surface area contributed by atoms with Crippen LogP contribution in [0.1, 0.15) is 27.0 Å². The first-order chi connectivity index (χ1) is 14.9. The van der Waals surface area contributed by atoms with Gasteiger partial charge in [0.15, 0.2) is 6.61 Å². The lowest BCUT2D eigenvalue weighted by Gasteiger charge is -2.13. The van der Waals surface area contributed by atoms with E-state index in [0.29, 0.717) is 22.7 Å². The van der Waals surface area contributed by atoms with E-state index in [0.717, 1.165) is 22.4 Å². The molecule has 6 nitrogen and oxygen atoms in total. The molecule has 0 aromatic heterocycles. The molecule has 0 unspecified atom stereocenters. The maximum absolute atomic E-state index is 12.5. The van der Waals surface area contributed by atoms with Crippen molar-refractivity contribution < 1.29 is 19.1 Å². The Bertz CT molecular complexity index is 1070. The molecule has 160 valence electrons. The van der Waals surface area contributed by atoms with Gasteiger partial charge in [-0.05, 0) is 68.3 Å². The van der Waals surface area contributed by atoms with E-state index >= 15 is 0 Å². The Morgan fingerprint density at radius 1 is 0.871 bits per heavy atom. The lowest BCUT2D eigenvalue weighted by Crippen LogP contribution is -2.21. The maximum atomic E-state index is 12.5. The summed E-state index contributed by atoms with van der Waals surface area (Å²) in [7, 11) is 1.52. The molecule has 2 N–H and O–H groups in total. The average molecular weight is 418 g/mol. The molecule has 0 atom stereocenters. The molecule has 0 spiro atoms. The molecule has 0 saturated carbocycles. The number of hydrogen-bond acceptors (Lipinski definition) is 4. The standard InChI is InChI=1S/C25H26N2O4/c1-16-13-17(2)24(18(3)14-16)27-23(28)15-31-20-11-9-19(10-12-20)26-25(29)21-7-5-6-8-22(21)30-4/h5-14H,15H2,1-4H3,(H,26,29)(H,27,28). The van der Waals surface area contributed by atoms with Crippen LogP contribution in [0.2, 0.25) is 0 Å². The molecular formula is C25H26N2O4. The highest BCUT2D eigenvalue weighted by Gasteiger charge is 2.12. The Morgan fingerprint density at radius 2 is 1.52 bits per heavy atom. The predicted molar refractivity (Wildman–Crippen MR) is 122 cm³/mol. The molecule has 0 aliphatic heterocycles. The third-order valence-electron chi connectivity index (χ3n) is 4.78. The summed E-state index contributed by atoms with van der Waals surface area (Å²) >= 11 is 0. The number of rotatable bonds is 7. The Morgan fingerprint density at radius 3 is 2.16 bits per heavy atom. The van der Waals surface area contributed by atoms with E-state index in [1.807, 2.05) is 32.9 Å². The van der Waals surface area contributed by atoms with Gasteiger partial charge >= 0.3 is 0 Å². The molecule has 3 aromatic carbocycles. The van der Waals surface area contributed by atoms with Crippen molar-refractivity contribution in [3.8, 4) is 11.5 Å². The predicted octanol–water partition coefficient (Wildman–Crippen LogP) is 4.89. The Kier molecular flexibility index (Phi) is 6.92. The highest BCUT2D eigenvalue weighted by molar-refractivity contribution is 6.06. The van der Waals surface area contributed by atoms with Gasteiger partial charge in [0.25, 0.3) is 11.8 Å². The highest BCUT2D eigenvalue weighted by atomic mass is 16.5. The number of para-hydroxylation sites is 1. The van der Waals surface area contributed by atoms with Gasteiger partial charge in [-0.1, -0.05) is 29.8 Å². The first-order valence-corrected chi connectivity index (χ1v) is 9.92. The van der Waals surface area contributed by atoms with E-state index < -0.39 is 0 Å². The molecule has 0 bridgehead atoms. The lowest BCUT2D eigenvalue weighted by molar-refractivity contribution is -0.118. The van der Waals surface area contributed by atoms with Crippen molar-refractivity contribution in [2.75, 3.05) is 24.4 Å². The fourth-order valence-corrected chi connectivity index (χ4v) is 3.37. The number of carbonyl (C=O) groups is 2. The average Bonchev–Trinajstić information content (AvgIpc) is 2.75. The summed E-state index contributed by atoms with van der Waals surface area (Å²) in [5.74, 6) is 0.533. The number of anilines is 2. The van der Waals surface area contributed by atoms with Crippen molar-refractivity contribution in [2.45, 2.75) is 20.8 Å². The number of amides is 2. The monoisotopic (exact) mass is 418 g/mol. The van der Waals surface area contributed by atoms with Crippen LogP contribution in [0.5, 0.6) is 11.5 Å². The minimum absolute atomic E-state index is 0.111. The molecule has 2 amide bonds. The van der Waals surface area contributed by atoms with Crippen LogP contribution < -0.4 is 20.1 Å². The molecule has 3 rings (SSSR count). The molecule has 0 aliphatic rings. The fraction of sp³-hybridized carbons (Fsp3) is 0.200. The van der Waals surface area contributed by atoms with Gasteiger partial charge in [-0.2, -0.15) is 0 Å². The zero-order chi connectivity index (χ0) is 22.4. The van der Waals surface area contributed by atoms with Gasteiger partial charge in [0.2, 0.25) is 0 Å². The molecule has 0 aliphatic carbocycles. The largest absolute Gasteiger partial charge is 0.496 e. The van der Waals surface area contributed by atoms with Gasteiger partial charge in [-0.3, -0.25) is 9.59 Å². The zero-order valence-electron chi connectivity index (χ0n) is 18.1. The second-order valence-corrected chi connectivity index (χ2v) is 7.29. The molecule has 0 heterocycles. The Labute approximate surface area is 182 Å². The molecule has 6 heteroatoms. The molecule has 0 fully saturated rings. The van der Waals surface area contributed by atoms with Crippen molar-refractivity contribution in [2.24, 2.45) is 0 Å². The van der Waals surface area contributed by atoms with Gasteiger partial charge in [0.05, 0.1) is 12.7 Å². The van der Waals surface area contributed by atoms with E-state index in [1.165, 1.54) is 7.11 Å². The van der Waals surface area contributed by atoms with Crippen LogP contribution in [0.15, 0.2) is 60.7 Å². The van der Waals surface area contributed by atoms with Crippen molar-refractivity contribution in [1.29, 1.82) is 0 Å². The molecule has 0 radical (unpaired) electrons. The lowest BCUT2D eigenvalue weighted by atomic mass is 10.1. The van der Waals surface area contributed by atoms with E-state index in [4.69, 9.17) is 9.47 Å². The van der Waals surface area contributed by atoms with Crippen LogP contribution in [0.4, 0.5) is 11.4 Å². The van der Waals surface area contributed by atoms with Gasteiger partial charge in [0.1, 0.15) is 11.5 Å². The molecular weight excluding hydrogens is 392 g/mol. The molecule has 3 aromatic rings. The van der Waals surface area contributed by atoms with Crippen LogP contribution in [-0.4, -0.2) is 25.5 Å². The number of methoxy groups -OCH3 is 1. The van der Waals surface area contributed by atoms with Gasteiger partial charge in [-0.15, -0.1) is 0 Å². The highest BCUT2D eigenvalue weighted by Crippen LogP contribution is 2.23. The Hall–Kier alpha value is -3.80. The van der Waals surface area contributed by atoms with E-state index in [2.05, 4.69) is 10.6 Å². The summed E-state index contributed by atoms with van der Waals surface area (Å²) in [5, 5.41) is 5.73. The number of nitrogens with one attached hydrogen (secondary N) is 2.